The molecule has 31 heavy (non-hydrogen) atoms. The lowest BCUT2D eigenvalue weighted by atomic mass is 9.64. The van der Waals surface area contributed by atoms with Gasteiger partial charge in [0.2, 0.25) is 0 Å². The fraction of sp³-hybridized carbons (Fsp3) is 0.375. The van der Waals surface area contributed by atoms with E-state index >= 15 is 0 Å². The molecule has 7 nitrogen and oxygen atoms in total. The van der Waals surface area contributed by atoms with Gasteiger partial charge < -0.3 is 15.1 Å². The van der Waals surface area contributed by atoms with Gasteiger partial charge in [-0.1, -0.05) is 53.7 Å². The molecule has 7 heteroatoms. The zero-order chi connectivity index (χ0) is 20.8. The molecular formula is C24H26N6O. The first-order valence-electron chi connectivity index (χ1n) is 11.0. The number of nitrogens with one attached hydrogen (secondary N) is 1. The summed E-state index contributed by atoms with van der Waals surface area (Å²) in [6.07, 6.45) is 1.72. The van der Waals surface area contributed by atoms with Crippen molar-refractivity contribution in [2.75, 3.05) is 39.3 Å². The van der Waals surface area contributed by atoms with Crippen LogP contribution in [-0.4, -0.2) is 76.0 Å². The molecule has 4 bridgehead atoms. The number of amides is 1. The minimum Gasteiger partial charge on any atom is -0.346 e. The van der Waals surface area contributed by atoms with Crippen LogP contribution in [0.15, 0.2) is 66.9 Å². The Kier molecular flexibility index (Phi) is 4.40. The summed E-state index contributed by atoms with van der Waals surface area (Å²) in [7, 11) is 0. The molecule has 1 amide bonds. The summed E-state index contributed by atoms with van der Waals surface area (Å²) in [5, 5.41) is 11.7. The topological polar surface area (TPSA) is 66.3 Å². The van der Waals surface area contributed by atoms with E-state index < -0.39 is 0 Å². The van der Waals surface area contributed by atoms with Crippen LogP contribution in [0.1, 0.15) is 16.1 Å². The predicted octanol–water partition coefficient (Wildman–Crippen LogP) is 1.56. The van der Waals surface area contributed by atoms with Crippen LogP contribution >= 0.6 is 0 Å². The van der Waals surface area contributed by atoms with Gasteiger partial charge in [-0.15, -0.1) is 5.10 Å². The van der Waals surface area contributed by atoms with E-state index in [1.165, 1.54) is 5.56 Å². The van der Waals surface area contributed by atoms with Gasteiger partial charge in [0.05, 0.1) is 11.9 Å². The molecule has 4 saturated heterocycles. The number of nitrogens with zero attached hydrogens (tertiary/aromatic N) is 5. The van der Waals surface area contributed by atoms with Gasteiger partial charge in [0, 0.05) is 56.6 Å². The van der Waals surface area contributed by atoms with E-state index in [0.29, 0.717) is 11.6 Å². The van der Waals surface area contributed by atoms with Crippen molar-refractivity contribution >= 4 is 5.91 Å². The number of aromatic nitrogens is 3. The quantitative estimate of drug-likeness (QED) is 0.702. The molecule has 5 heterocycles. The van der Waals surface area contributed by atoms with Crippen LogP contribution in [-0.2, 0) is 5.41 Å². The lowest BCUT2D eigenvalue weighted by molar-refractivity contribution is 0.0179. The lowest BCUT2D eigenvalue weighted by Gasteiger charge is -2.55. The third-order valence-corrected chi connectivity index (χ3v) is 7.18. The van der Waals surface area contributed by atoms with Crippen LogP contribution in [0.25, 0.3) is 5.69 Å². The molecule has 0 radical (unpaired) electrons. The number of carbonyl (C=O) groups excluding carboxylic acids is 1. The van der Waals surface area contributed by atoms with E-state index in [2.05, 4.69) is 55.8 Å². The van der Waals surface area contributed by atoms with E-state index in [1.807, 2.05) is 30.3 Å². The molecule has 0 aliphatic carbocycles. The van der Waals surface area contributed by atoms with E-state index in [4.69, 9.17) is 0 Å². The van der Waals surface area contributed by atoms with Crippen molar-refractivity contribution in [2.24, 2.45) is 5.92 Å². The smallest absolute Gasteiger partial charge is 0.273 e. The van der Waals surface area contributed by atoms with Crippen molar-refractivity contribution in [3.05, 3.63) is 78.1 Å². The summed E-state index contributed by atoms with van der Waals surface area (Å²) in [6.45, 7) is 6.24. The average molecular weight is 415 g/mol. The van der Waals surface area contributed by atoms with Gasteiger partial charge in [-0.2, -0.15) is 0 Å². The number of piperidine rings is 2. The predicted molar refractivity (Wildman–Crippen MR) is 117 cm³/mol. The molecule has 2 unspecified atom stereocenters. The molecule has 2 aromatic carbocycles. The summed E-state index contributed by atoms with van der Waals surface area (Å²) in [5.41, 5.74) is 2.46. The van der Waals surface area contributed by atoms with Gasteiger partial charge >= 0.3 is 0 Å². The standard InChI is InChI=1S/C24H26N6O/c31-23(21-15-30(27-26-21)20-9-5-2-6-10-20)25-22-18-13-28-11-12-29(14-18)17-24(22,16-28)19-7-3-1-4-8-19/h1-10,15,18,22H,11-14,16-17H2,(H,25,31)/t18?,22-,24?/m1/s1. The fourth-order valence-corrected chi connectivity index (χ4v) is 5.86. The Hall–Kier alpha value is -3.03. The van der Waals surface area contributed by atoms with Crippen LogP contribution < -0.4 is 5.32 Å². The molecule has 0 spiro atoms. The van der Waals surface area contributed by atoms with Crippen LogP contribution in [0.4, 0.5) is 0 Å². The van der Waals surface area contributed by atoms with Crippen LogP contribution in [0.2, 0.25) is 0 Å². The van der Waals surface area contributed by atoms with E-state index in [-0.39, 0.29) is 17.4 Å². The molecule has 1 N–H and O–H groups in total. The molecule has 3 atom stereocenters. The fourth-order valence-electron chi connectivity index (χ4n) is 5.86. The van der Waals surface area contributed by atoms with Crippen molar-refractivity contribution in [1.29, 1.82) is 0 Å². The zero-order valence-electron chi connectivity index (χ0n) is 17.4. The summed E-state index contributed by atoms with van der Waals surface area (Å²) in [4.78, 5) is 18.5. The number of hydrogen-bond acceptors (Lipinski definition) is 5. The number of carbonyl (C=O) groups is 1. The SMILES string of the molecule is O=C(N[C@@H]1C2CN3CCN(C2)CC1(c1ccccc1)C3)c1cn(-c2ccccc2)nn1. The maximum atomic E-state index is 13.3. The van der Waals surface area contributed by atoms with Gasteiger partial charge in [0.1, 0.15) is 0 Å². The molecule has 0 saturated carbocycles. The minimum absolute atomic E-state index is 0.0786. The number of rotatable bonds is 4. The molecule has 3 aromatic rings. The van der Waals surface area contributed by atoms with Gasteiger partial charge in [-0.3, -0.25) is 4.79 Å². The largest absolute Gasteiger partial charge is 0.346 e. The Balaban J connectivity index is 1.32. The second-order valence-corrected chi connectivity index (χ2v) is 9.09. The second-order valence-electron chi connectivity index (χ2n) is 9.09. The summed E-state index contributed by atoms with van der Waals surface area (Å²) in [5.74, 6) is 0.261. The molecule has 1 aromatic heterocycles. The molecule has 4 aliphatic heterocycles. The molecular weight excluding hydrogens is 388 g/mol. The number of fused-ring (bicyclic) bond motifs is 1. The normalized spacial score (nSPS) is 31.4. The highest BCUT2D eigenvalue weighted by Gasteiger charge is 2.55. The molecule has 4 fully saturated rings. The average Bonchev–Trinajstić information content (AvgIpc) is 3.17. The number of hydrogen-bond donors (Lipinski definition) is 1. The van der Waals surface area contributed by atoms with Gasteiger partial charge in [-0.05, 0) is 17.7 Å². The number of benzene rings is 2. The highest BCUT2D eigenvalue weighted by molar-refractivity contribution is 5.92. The van der Waals surface area contributed by atoms with Gasteiger partial charge in [0.15, 0.2) is 5.69 Å². The van der Waals surface area contributed by atoms with Crippen LogP contribution in [0.3, 0.4) is 0 Å². The molecule has 4 aliphatic rings. The first kappa shape index (κ1) is 18.7. The Labute approximate surface area is 181 Å². The maximum Gasteiger partial charge on any atom is 0.273 e. The highest BCUT2D eigenvalue weighted by Crippen LogP contribution is 2.43. The second kappa shape index (κ2) is 7.28. The Morgan fingerprint density at radius 1 is 0.935 bits per heavy atom. The van der Waals surface area contributed by atoms with Crippen molar-refractivity contribution in [2.45, 2.75) is 11.5 Å². The molecule has 158 valence electrons. The summed E-state index contributed by atoms with van der Waals surface area (Å²) in [6, 6.07) is 20.6. The lowest BCUT2D eigenvalue weighted by Crippen LogP contribution is -2.70. The van der Waals surface area contributed by atoms with Crippen molar-refractivity contribution in [1.82, 2.24) is 30.1 Å². The van der Waals surface area contributed by atoms with E-state index in [9.17, 15) is 4.79 Å². The minimum atomic E-state index is -0.140. The van der Waals surface area contributed by atoms with Crippen LogP contribution in [0, 0.1) is 5.92 Å². The van der Waals surface area contributed by atoms with E-state index in [0.717, 1.165) is 45.0 Å². The first-order valence-corrected chi connectivity index (χ1v) is 11.0. The maximum absolute atomic E-state index is 13.3. The van der Waals surface area contributed by atoms with Crippen molar-refractivity contribution in [3.8, 4) is 5.69 Å². The Morgan fingerprint density at radius 3 is 2.26 bits per heavy atom. The highest BCUT2D eigenvalue weighted by atomic mass is 16.2. The van der Waals surface area contributed by atoms with Crippen molar-refractivity contribution in [3.63, 3.8) is 0 Å². The van der Waals surface area contributed by atoms with Gasteiger partial charge in [0.25, 0.3) is 5.91 Å². The van der Waals surface area contributed by atoms with Crippen molar-refractivity contribution < 1.29 is 4.79 Å². The Bertz CT molecular complexity index is 1070. The summed E-state index contributed by atoms with van der Waals surface area (Å²) >= 11 is 0. The number of para-hydroxylation sites is 1. The third kappa shape index (κ3) is 3.16. The molecule has 7 rings (SSSR count). The Morgan fingerprint density at radius 2 is 1.58 bits per heavy atom. The first-order chi connectivity index (χ1) is 15.2. The van der Waals surface area contributed by atoms with Crippen LogP contribution in [0.5, 0.6) is 0 Å². The zero-order valence-corrected chi connectivity index (χ0v) is 17.4. The summed E-state index contributed by atoms with van der Waals surface area (Å²) < 4.78 is 1.65. The third-order valence-electron chi connectivity index (χ3n) is 7.18. The van der Waals surface area contributed by atoms with E-state index in [1.54, 1.807) is 10.9 Å². The van der Waals surface area contributed by atoms with Gasteiger partial charge in [-0.25, -0.2) is 4.68 Å². The monoisotopic (exact) mass is 414 g/mol.